The first-order valence-electron chi connectivity index (χ1n) is 4.81. The Morgan fingerprint density at radius 2 is 1.79 bits per heavy atom. The van der Waals surface area contributed by atoms with Gasteiger partial charge in [0.25, 0.3) is 0 Å². The van der Waals surface area contributed by atoms with E-state index in [1.165, 1.54) is 0 Å². The van der Waals surface area contributed by atoms with Gasteiger partial charge in [0.05, 0.1) is 18.8 Å². The van der Waals surface area contributed by atoms with Crippen molar-refractivity contribution in [1.82, 2.24) is 0 Å². The van der Waals surface area contributed by atoms with Crippen molar-refractivity contribution in [2.45, 2.75) is 45.1 Å². The smallest absolute Gasteiger partial charge is 0.249 e. The van der Waals surface area contributed by atoms with Gasteiger partial charge in [-0.15, -0.1) is 0 Å². The van der Waals surface area contributed by atoms with Crippen molar-refractivity contribution in [1.29, 1.82) is 0 Å². The summed E-state index contributed by atoms with van der Waals surface area (Å²) in [6, 6.07) is 0. The Balaban J connectivity index is 2.43. The minimum Gasteiger partial charge on any atom is -0.396 e. The van der Waals surface area contributed by atoms with Crippen LogP contribution in [0.5, 0.6) is 0 Å². The van der Waals surface area contributed by atoms with Crippen LogP contribution in [0.1, 0.15) is 33.6 Å². The van der Waals surface area contributed by atoms with Crippen LogP contribution in [0.4, 0.5) is 8.78 Å². The van der Waals surface area contributed by atoms with Gasteiger partial charge in [0.15, 0.2) is 0 Å². The summed E-state index contributed by atoms with van der Waals surface area (Å²) in [7, 11) is 0. The first-order valence-corrected chi connectivity index (χ1v) is 4.81. The first kappa shape index (κ1) is 11.9. The number of alkyl halides is 2. The molecule has 0 saturated heterocycles. The van der Waals surface area contributed by atoms with Gasteiger partial charge in [0, 0.05) is 18.3 Å². The molecule has 2 nitrogen and oxygen atoms in total. The first-order chi connectivity index (χ1) is 6.18. The number of aliphatic hydroxyl groups is 1. The van der Waals surface area contributed by atoms with E-state index in [-0.39, 0.29) is 31.7 Å². The fraction of sp³-hybridized carbons (Fsp3) is 1.00. The number of aliphatic hydroxyl groups excluding tert-OH is 1. The molecule has 0 aromatic heterocycles. The fourth-order valence-electron chi connectivity index (χ4n) is 1.67. The van der Waals surface area contributed by atoms with E-state index < -0.39 is 11.3 Å². The van der Waals surface area contributed by atoms with Gasteiger partial charge in [-0.05, 0) is 20.8 Å². The zero-order chi connectivity index (χ0) is 11.0. The van der Waals surface area contributed by atoms with Gasteiger partial charge in [0.2, 0.25) is 5.92 Å². The molecule has 1 saturated carbocycles. The molecule has 4 heteroatoms. The van der Waals surface area contributed by atoms with Crippen molar-refractivity contribution in [2.75, 3.05) is 13.2 Å². The number of rotatable bonds is 3. The standard InChI is InChI=1S/C10H18F2O2/c1-8(2,3)14-7-9(6-13)4-10(11,12)5-9/h13H,4-7H2,1-3H3. The van der Waals surface area contributed by atoms with Crippen molar-refractivity contribution in [3.63, 3.8) is 0 Å². The third kappa shape index (κ3) is 2.89. The average molecular weight is 208 g/mol. The fourth-order valence-corrected chi connectivity index (χ4v) is 1.67. The van der Waals surface area contributed by atoms with Crippen molar-refractivity contribution < 1.29 is 18.6 Å². The molecule has 0 atom stereocenters. The highest BCUT2D eigenvalue weighted by atomic mass is 19.3. The van der Waals surface area contributed by atoms with E-state index in [1.807, 2.05) is 20.8 Å². The maximum atomic E-state index is 12.7. The molecule has 0 bridgehead atoms. The Labute approximate surface area is 83.3 Å². The normalized spacial score (nSPS) is 24.4. The SMILES string of the molecule is CC(C)(C)OCC1(CO)CC(F)(F)C1. The van der Waals surface area contributed by atoms with E-state index in [1.54, 1.807) is 0 Å². The molecule has 84 valence electrons. The zero-order valence-corrected chi connectivity index (χ0v) is 8.94. The summed E-state index contributed by atoms with van der Waals surface area (Å²) in [5.41, 5.74) is -1.05. The third-order valence-electron chi connectivity index (χ3n) is 2.41. The highest BCUT2D eigenvalue weighted by molar-refractivity contribution is 4.98. The topological polar surface area (TPSA) is 29.5 Å². The Morgan fingerprint density at radius 3 is 2.07 bits per heavy atom. The molecular weight excluding hydrogens is 190 g/mol. The molecule has 0 amide bonds. The lowest BCUT2D eigenvalue weighted by atomic mass is 9.67. The Hall–Kier alpha value is -0.220. The third-order valence-corrected chi connectivity index (χ3v) is 2.41. The van der Waals surface area contributed by atoms with Gasteiger partial charge in [-0.3, -0.25) is 0 Å². The van der Waals surface area contributed by atoms with Gasteiger partial charge < -0.3 is 9.84 Å². The molecule has 0 radical (unpaired) electrons. The maximum Gasteiger partial charge on any atom is 0.249 e. The van der Waals surface area contributed by atoms with Crippen molar-refractivity contribution in [3.8, 4) is 0 Å². The van der Waals surface area contributed by atoms with Crippen LogP contribution in [0.3, 0.4) is 0 Å². The molecule has 0 unspecified atom stereocenters. The summed E-state index contributed by atoms with van der Waals surface area (Å²) in [6.07, 6.45) is -0.515. The van der Waals surface area contributed by atoms with E-state index in [0.717, 1.165) is 0 Å². The molecule has 0 spiro atoms. The van der Waals surface area contributed by atoms with Gasteiger partial charge >= 0.3 is 0 Å². The van der Waals surface area contributed by atoms with Gasteiger partial charge in [-0.1, -0.05) is 0 Å². The Kier molecular flexibility index (Phi) is 2.89. The van der Waals surface area contributed by atoms with E-state index in [4.69, 9.17) is 9.84 Å². The second-order valence-electron chi connectivity index (χ2n) is 5.27. The van der Waals surface area contributed by atoms with Crippen LogP contribution in [0.25, 0.3) is 0 Å². The molecule has 14 heavy (non-hydrogen) atoms. The number of hydrogen-bond acceptors (Lipinski definition) is 2. The molecular formula is C10H18F2O2. The second kappa shape index (κ2) is 3.42. The summed E-state index contributed by atoms with van der Waals surface area (Å²) in [5.74, 6) is -2.61. The predicted octanol–water partition coefficient (Wildman–Crippen LogP) is 2.21. The van der Waals surface area contributed by atoms with Crippen LogP contribution < -0.4 is 0 Å². The zero-order valence-electron chi connectivity index (χ0n) is 8.94. The number of ether oxygens (including phenoxy) is 1. The van der Waals surface area contributed by atoms with Crippen LogP contribution in [-0.2, 0) is 4.74 Å². The largest absolute Gasteiger partial charge is 0.396 e. The van der Waals surface area contributed by atoms with Crippen LogP contribution in [0, 0.1) is 5.41 Å². The van der Waals surface area contributed by atoms with Crippen LogP contribution >= 0.6 is 0 Å². The van der Waals surface area contributed by atoms with Crippen LogP contribution in [-0.4, -0.2) is 29.8 Å². The van der Waals surface area contributed by atoms with Crippen molar-refractivity contribution in [2.24, 2.45) is 5.41 Å². The predicted molar refractivity (Wildman–Crippen MR) is 49.4 cm³/mol. The van der Waals surface area contributed by atoms with E-state index in [9.17, 15) is 8.78 Å². The summed E-state index contributed by atoms with van der Waals surface area (Å²) in [4.78, 5) is 0. The molecule has 0 aliphatic heterocycles. The lowest BCUT2D eigenvalue weighted by molar-refractivity contribution is -0.209. The van der Waals surface area contributed by atoms with E-state index in [2.05, 4.69) is 0 Å². The van der Waals surface area contributed by atoms with Crippen molar-refractivity contribution >= 4 is 0 Å². The summed E-state index contributed by atoms with van der Waals surface area (Å²) >= 11 is 0. The number of halogens is 2. The highest BCUT2D eigenvalue weighted by Crippen LogP contribution is 2.52. The van der Waals surface area contributed by atoms with Gasteiger partial charge in [-0.2, -0.15) is 0 Å². The molecule has 1 fully saturated rings. The summed E-state index contributed by atoms with van der Waals surface area (Å²) < 4.78 is 30.8. The Morgan fingerprint density at radius 1 is 1.29 bits per heavy atom. The van der Waals surface area contributed by atoms with E-state index >= 15 is 0 Å². The Bertz CT molecular complexity index is 201. The molecule has 0 heterocycles. The molecule has 1 N–H and O–H groups in total. The molecule has 1 aliphatic carbocycles. The number of hydrogen-bond donors (Lipinski definition) is 1. The van der Waals surface area contributed by atoms with Gasteiger partial charge in [-0.25, -0.2) is 8.78 Å². The van der Waals surface area contributed by atoms with Crippen molar-refractivity contribution in [3.05, 3.63) is 0 Å². The van der Waals surface area contributed by atoms with Crippen LogP contribution in [0.2, 0.25) is 0 Å². The molecule has 1 rings (SSSR count). The minimum absolute atomic E-state index is 0.211. The summed E-state index contributed by atoms with van der Waals surface area (Å²) in [5, 5.41) is 9.05. The quantitative estimate of drug-likeness (QED) is 0.770. The second-order valence-corrected chi connectivity index (χ2v) is 5.27. The van der Waals surface area contributed by atoms with Gasteiger partial charge in [0.1, 0.15) is 0 Å². The van der Waals surface area contributed by atoms with E-state index in [0.29, 0.717) is 0 Å². The summed E-state index contributed by atoms with van der Waals surface area (Å²) in [6.45, 7) is 5.60. The highest BCUT2D eigenvalue weighted by Gasteiger charge is 2.56. The lowest BCUT2D eigenvalue weighted by Crippen LogP contribution is -2.52. The lowest BCUT2D eigenvalue weighted by Gasteiger charge is -2.46. The maximum absolute atomic E-state index is 12.7. The molecule has 0 aromatic rings. The monoisotopic (exact) mass is 208 g/mol. The van der Waals surface area contributed by atoms with Crippen LogP contribution in [0.15, 0.2) is 0 Å². The molecule has 0 aromatic carbocycles. The minimum atomic E-state index is -2.61. The molecule has 1 aliphatic rings. The average Bonchev–Trinajstić information content (AvgIpc) is 1.95.